The molecule has 4 nitrogen and oxygen atoms in total. The van der Waals surface area contributed by atoms with E-state index in [0.29, 0.717) is 12.0 Å². The van der Waals surface area contributed by atoms with E-state index in [1.54, 1.807) is 12.1 Å². The molecule has 0 saturated carbocycles. The molecule has 3 rings (SSSR count). The van der Waals surface area contributed by atoms with Crippen LogP contribution in [0.15, 0.2) is 73.3 Å². The van der Waals surface area contributed by atoms with Crippen LogP contribution in [0, 0.1) is 0 Å². The van der Waals surface area contributed by atoms with Gasteiger partial charge in [-0.15, -0.1) is 0 Å². The summed E-state index contributed by atoms with van der Waals surface area (Å²) in [4.78, 5) is 3.01. The van der Waals surface area contributed by atoms with Gasteiger partial charge in [-0.05, 0) is 16.6 Å². The topological polar surface area (TPSA) is 58.5 Å². The lowest BCUT2D eigenvalue weighted by Crippen LogP contribution is -2.35. The Morgan fingerprint density at radius 2 is 1.59 bits per heavy atom. The quantitative estimate of drug-likeness (QED) is 0.532. The smallest absolute Gasteiger partial charge is 0.423 e. The number of pyridine rings is 2. The van der Waals surface area contributed by atoms with Crippen molar-refractivity contribution < 1.29 is 19.6 Å². The lowest BCUT2D eigenvalue weighted by atomic mass is 9.79. The Labute approximate surface area is 129 Å². The molecule has 3 N–H and O–H groups in total. The lowest BCUT2D eigenvalue weighted by Gasteiger charge is -2.03. The van der Waals surface area contributed by atoms with Crippen LogP contribution in [0.4, 0.5) is 0 Å². The molecule has 0 radical (unpaired) electrons. The molecule has 0 fully saturated rings. The molecule has 1 aromatic carbocycles. The molecule has 0 spiro atoms. The summed E-state index contributed by atoms with van der Waals surface area (Å²) >= 11 is 0. The predicted octanol–water partition coefficient (Wildman–Crippen LogP) is 0.183. The van der Waals surface area contributed by atoms with Crippen molar-refractivity contribution in [2.45, 2.75) is 6.54 Å². The highest BCUT2D eigenvalue weighted by molar-refractivity contribution is 6.58. The number of hydrogen-bond donors (Lipinski definition) is 2. The molecule has 0 aliphatic rings. The summed E-state index contributed by atoms with van der Waals surface area (Å²) in [5.74, 6) is 0. The maximum absolute atomic E-state index is 9.22. The predicted molar refractivity (Wildman–Crippen MR) is 84.0 cm³/mol. The second-order valence-corrected chi connectivity index (χ2v) is 5.17. The van der Waals surface area contributed by atoms with Crippen LogP contribution >= 0.6 is 0 Å². The van der Waals surface area contributed by atoms with Gasteiger partial charge in [0.15, 0.2) is 31.3 Å². The van der Waals surface area contributed by atoms with Gasteiger partial charge in [-0.2, -0.15) is 0 Å². The molecule has 22 heavy (non-hydrogen) atoms. The first-order valence-corrected chi connectivity index (χ1v) is 7.13. The summed E-state index contributed by atoms with van der Waals surface area (Å²) in [6.45, 7) is 0.684. The van der Waals surface area contributed by atoms with Crippen LogP contribution in [0.3, 0.4) is 0 Å². The van der Waals surface area contributed by atoms with Gasteiger partial charge in [0.1, 0.15) is 0 Å². The minimum Gasteiger partial charge on any atom is -0.423 e. The van der Waals surface area contributed by atoms with Crippen LogP contribution in [0.1, 0.15) is 5.56 Å². The van der Waals surface area contributed by atoms with Crippen molar-refractivity contribution in [1.29, 1.82) is 0 Å². The highest BCUT2D eigenvalue weighted by Crippen LogP contribution is 2.15. The number of aromatic nitrogens is 2. The molecule has 3 aromatic rings. The van der Waals surface area contributed by atoms with Crippen LogP contribution in [0.25, 0.3) is 11.1 Å². The molecule has 0 unspecified atom stereocenters. The average Bonchev–Trinajstić information content (AvgIpc) is 2.56. The van der Waals surface area contributed by atoms with E-state index in [9.17, 15) is 10.0 Å². The Bertz CT molecular complexity index is 746. The largest absolute Gasteiger partial charge is 0.488 e. The minimum atomic E-state index is -1.43. The first-order valence-electron chi connectivity index (χ1n) is 7.13. The standard InChI is InChI=1S/C17H16BN2O2/c21-18(22)17-3-1-2-14(12-17)13-20-10-6-16(7-11-20)15-4-8-19-9-5-15/h1-12,21-22H,13H2/q+1/p+1. The van der Waals surface area contributed by atoms with E-state index in [2.05, 4.69) is 21.7 Å². The van der Waals surface area contributed by atoms with Gasteiger partial charge in [-0.3, -0.25) is 0 Å². The molecule has 2 aromatic heterocycles. The van der Waals surface area contributed by atoms with Gasteiger partial charge in [0.05, 0.1) is 0 Å². The fourth-order valence-corrected chi connectivity index (χ4v) is 2.40. The van der Waals surface area contributed by atoms with Crippen molar-refractivity contribution in [3.05, 3.63) is 78.9 Å². The highest BCUT2D eigenvalue weighted by atomic mass is 16.4. The summed E-state index contributed by atoms with van der Waals surface area (Å²) in [7, 11) is -1.43. The number of hydrogen-bond acceptors (Lipinski definition) is 2. The normalized spacial score (nSPS) is 10.5. The van der Waals surface area contributed by atoms with E-state index in [1.165, 1.54) is 0 Å². The van der Waals surface area contributed by atoms with Crippen molar-refractivity contribution in [3.8, 4) is 11.1 Å². The maximum Gasteiger partial charge on any atom is 0.488 e. The SMILES string of the molecule is OB(O)c1cccc(C[n+]2ccc(-c3cc[nH+]cc3)cc2)c1. The molecule has 0 atom stereocenters. The van der Waals surface area contributed by atoms with Gasteiger partial charge in [0.2, 0.25) is 0 Å². The van der Waals surface area contributed by atoms with Gasteiger partial charge >= 0.3 is 7.12 Å². The fourth-order valence-electron chi connectivity index (χ4n) is 2.40. The maximum atomic E-state index is 9.22. The monoisotopic (exact) mass is 292 g/mol. The van der Waals surface area contributed by atoms with E-state index in [1.807, 2.05) is 49.1 Å². The summed E-state index contributed by atoms with van der Waals surface area (Å²) in [5, 5.41) is 18.4. The number of rotatable bonds is 4. The number of aromatic amines is 1. The average molecular weight is 292 g/mol. The molecule has 2 heterocycles. The van der Waals surface area contributed by atoms with Crippen LogP contribution in [-0.2, 0) is 6.54 Å². The van der Waals surface area contributed by atoms with Crippen molar-refractivity contribution in [3.63, 3.8) is 0 Å². The Hall–Kier alpha value is -2.50. The van der Waals surface area contributed by atoms with Crippen LogP contribution in [0.2, 0.25) is 0 Å². The molecular formula is C17H17BN2O2+2. The van der Waals surface area contributed by atoms with E-state index < -0.39 is 7.12 Å². The molecule has 0 amide bonds. The first-order chi connectivity index (χ1) is 10.7. The highest BCUT2D eigenvalue weighted by Gasteiger charge is 2.12. The van der Waals surface area contributed by atoms with Gasteiger partial charge < -0.3 is 10.0 Å². The Kier molecular flexibility index (Phi) is 4.28. The number of H-pyrrole nitrogens is 1. The molecule has 0 saturated heterocycles. The second-order valence-electron chi connectivity index (χ2n) is 5.17. The van der Waals surface area contributed by atoms with Crippen molar-refractivity contribution in [1.82, 2.24) is 0 Å². The molecule has 0 aliphatic carbocycles. The lowest BCUT2D eigenvalue weighted by molar-refractivity contribution is -0.688. The van der Waals surface area contributed by atoms with Gasteiger partial charge in [0, 0.05) is 29.8 Å². The Balaban J connectivity index is 1.78. The van der Waals surface area contributed by atoms with Gasteiger partial charge in [-0.1, -0.05) is 24.3 Å². The number of nitrogens with zero attached hydrogens (tertiary/aromatic N) is 1. The van der Waals surface area contributed by atoms with Crippen molar-refractivity contribution in [2.75, 3.05) is 0 Å². The van der Waals surface area contributed by atoms with Crippen molar-refractivity contribution in [2.24, 2.45) is 0 Å². The molecular weight excluding hydrogens is 275 g/mol. The van der Waals surface area contributed by atoms with E-state index in [0.717, 1.165) is 16.7 Å². The summed E-state index contributed by atoms with van der Waals surface area (Å²) in [5.41, 5.74) is 3.86. The first kappa shape index (κ1) is 14.4. The zero-order chi connectivity index (χ0) is 15.4. The van der Waals surface area contributed by atoms with Crippen LogP contribution < -0.4 is 15.0 Å². The summed E-state index contributed by atoms with van der Waals surface area (Å²) in [6, 6.07) is 15.5. The molecule has 0 aliphatic heterocycles. The Morgan fingerprint density at radius 3 is 2.27 bits per heavy atom. The second kappa shape index (κ2) is 6.51. The van der Waals surface area contributed by atoms with E-state index >= 15 is 0 Å². The third kappa shape index (κ3) is 3.39. The van der Waals surface area contributed by atoms with Crippen LogP contribution in [-0.4, -0.2) is 17.2 Å². The zero-order valence-electron chi connectivity index (χ0n) is 12.1. The van der Waals surface area contributed by atoms with Crippen LogP contribution in [0.5, 0.6) is 0 Å². The van der Waals surface area contributed by atoms with E-state index in [4.69, 9.17) is 0 Å². The zero-order valence-corrected chi connectivity index (χ0v) is 12.1. The van der Waals surface area contributed by atoms with Gasteiger partial charge in [-0.25, -0.2) is 9.55 Å². The van der Waals surface area contributed by atoms with Gasteiger partial charge in [0.25, 0.3) is 0 Å². The molecule has 0 bridgehead atoms. The molecule has 5 heteroatoms. The summed E-state index contributed by atoms with van der Waals surface area (Å²) in [6.07, 6.45) is 7.85. The van der Waals surface area contributed by atoms with E-state index in [-0.39, 0.29) is 0 Å². The molecule has 108 valence electrons. The summed E-state index contributed by atoms with van der Waals surface area (Å²) < 4.78 is 2.06. The minimum absolute atomic E-state index is 0.509. The third-order valence-corrected chi connectivity index (χ3v) is 3.56. The van der Waals surface area contributed by atoms with Crippen molar-refractivity contribution >= 4 is 12.6 Å². The Morgan fingerprint density at radius 1 is 0.909 bits per heavy atom. The number of nitrogens with one attached hydrogen (secondary N) is 1. The third-order valence-electron chi connectivity index (χ3n) is 3.56. The fraction of sp³-hybridized carbons (Fsp3) is 0.0588. The number of benzene rings is 1.